The second kappa shape index (κ2) is 9.33. The standard InChI is InChI=1S/C17H18N4O4S/c1-24-15-9-13(8-14(21(22)23)16(15)25-2)11-19-20-17(26)18-10-12-6-4-3-5-7-12/h3-9,11H,10H2,1-2H3,(H2,18,20,26)/b19-11-. The van der Waals surface area contributed by atoms with E-state index in [1.165, 1.54) is 26.5 Å². The van der Waals surface area contributed by atoms with Gasteiger partial charge in [0.25, 0.3) is 0 Å². The van der Waals surface area contributed by atoms with Crippen molar-refractivity contribution < 1.29 is 14.4 Å². The third-order valence-corrected chi connectivity index (χ3v) is 3.59. The average molecular weight is 374 g/mol. The summed E-state index contributed by atoms with van der Waals surface area (Å²) in [5.74, 6) is 0.301. The number of nitrogens with one attached hydrogen (secondary N) is 2. The highest BCUT2D eigenvalue weighted by molar-refractivity contribution is 7.80. The van der Waals surface area contributed by atoms with Gasteiger partial charge in [0.1, 0.15) is 0 Å². The Labute approximate surface area is 156 Å². The maximum absolute atomic E-state index is 11.2. The molecule has 0 heterocycles. The second-order valence-corrected chi connectivity index (χ2v) is 5.48. The Kier molecular flexibility index (Phi) is 6.86. The van der Waals surface area contributed by atoms with Crippen molar-refractivity contribution >= 4 is 29.2 Å². The number of ether oxygens (including phenoxy) is 2. The molecule has 0 bridgehead atoms. The largest absolute Gasteiger partial charge is 0.493 e. The summed E-state index contributed by atoms with van der Waals surface area (Å²) < 4.78 is 10.2. The summed E-state index contributed by atoms with van der Waals surface area (Å²) >= 11 is 5.14. The summed E-state index contributed by atoms with van der Waals surface area (Å²) in [6, 6.07) is 12.7. The fourth-order valence-electron chi connectivity index (χ4n) is 2.16. The van der Waals surface area contributed by atoms with Gasteiger partial charge >= 0.3 is 5.69 Å². The quantitative estimate of drug-likeness (QED) is 0.333. The summed E-state index contributed by atoms with van der Waals surface area (Å²) in [7, 11) is 2.75. The van der Waals surface area contributed by atoms with E-state index in [1.54, 1.807) is 6.07 Å². The van der Waals surface area contributed by atoms with Crippen LogP contribution in [0, 0.1) is 10.1 Å². The molecule has 2 aromatic rings. The predicted molar refractivity (Wildman–Crippen MR) is 103 cm³/mol. The van der Waals surface area contributed by atoms with Crippen LogP contribution in [0.25, 0.3) is 0 Å². The van der Waals surface area contributed by atoms with E-state index in [4.69, 9.17) is 21.7 Å². The van der Waals surface area contributed by atoms with Gasteiger partial charge in [-0.1, -0.05) is 30.3 Å². The first-order valence-electron chi connectivity index (χ1n) is 7.56. The van der Waals surface area contributed by atoms with E-state index >= 15 is 0 Å². The number of nitro groups is 1. The predicted octanol–water partition coefficient (Wildman–Crippen LogP) is 2.61. The van der Waals surface area contributed by atoms with Crippen molar-refractivity contribution in [2.75, 3.05) is 14.2 Å². The molecule has 26 heavy (non-hydrogen) atoms. The van der Waals surface area contributed by atoms with Crippen molar-refractivity contribution in [2.24, 2.45) is 5.10 Å². The molecule has 9 heteroatoms. The summed E-state index contributed by atoms with van der Waals surface area (Å²) in [4.78, 5) is 10.6. The monoisotopic (exact) mass is 374 g/mol. The molecule has 2 N–H and O–H groups in total. The molecule has 0 aliphatic rings. The first kappa shape index (κ1) is 19.1. The minimum Gasteiger partial charge on any atom is -0.493 e. The van der Waals surface area contributed by atoms with Gasteiger partial charge in [0.2, 0.25) is 5.75 Å². The summed E-state index contributed by atoms with van der Waals surface area (Å²) in [6.45, 7) is 0.560. The number of hydrogen-bond acceptors (Lipinski definition) is 6. The van der Waals surface area contributed by atoms with Crippen LogP contribution in [0.2, 0.25) is 0 Å². The van der Waals surface area contributed by atoms with E-state index in [1.807, 2.05) is 30.3 Å². The molecule has 2 aromatic carbocycles. The van der Waals surface area contributed by atoms with Gasteiger partial charge in [-0.25, -0.2) is 0 Å². The SMILES string of the molecule is COc1cc(/C=N\NC(=S)NCc2ccccc2)cc([N+](=O)[O-])c1OC. The Morgan fingerprint density at radius 1 is 1.27 bits per heavy atom. The van der Waals surface area contributed by atoms with Crippen molar-refractivity contribution in [3.8, 4) is 11.5 Å². The van der Waals surface area contributed by atoms with Gasteiger partial charge in [-0.05, 0) is 23.8 Å². The fourth-order valence-corrected chi connectivity index (χ4v) is 2.28. The zero-order valence-corrected chi connectivity index (χ0v) is 15.1. The van der Waals surface area contributed by atoms with Crippen LogP contribution in [0.1, 0.15) is 11.1 Å². The number of methoxy groups -OCH3 is 2. The normalized spacial score (nSPS) is 10.4. The van der Waals surface area contributed by atoms with Crippen molar-refractivity contribution in [1.82, 2.24) is 10.7 Å². The van der Waals surface area contributed by atoms with Crippen LogP contribution >= 0.6 is 12.2 Å². The van der Waals surface area contributed by atoms with Crippen LogP contribution in [0.5, 0.6) is 11.5 Å². The smallest absolute Gasteiger partial charge is 0.315 e. The highest BCUT2D eigenvalue weighted by atomic mass is 32.1. The maximum atomic E-state index is 11.2. The Morgan fingerprint density at radius 2 is 2.00 bits per heavy atom. The lowest BCUT2D eigenvalue weighted by molar-refractivity contribution is -0.385. The molecular weight excluding hydrogens is 356 g/mol. The summed E-state index contributed by atoms with van der Waals surface area (Å²) in [6.07, 6.45) is 1.41. The van der Waals surface area contributed by atoms with Crippen LogP contribution in [0.15, 0.2) is 47.6 Å². The van der Waals surface area contributed by atoms with Gasteiger partial charge in [-0.2, -0.15) is 5.10 Å². The Hall–Kier alpha value is -3.20. The number of hydrazone groups is 1. The van der Waals surface area contributed by atoms with E-state index in [2.05, 4.69) is 15.8 Å². The van der Waals surface area contributed by atoms with Gasteiger partial charge in [0, 0.05) is 18.2 Å². The van der Waals surface area contributed by atoms with E-state index in [0.717, 1.165) is 5.56 Å². The van der Waals surface area contributed by atoms with Gasteiger partial charge < -0.3 is 14.8 Å². The molecule has 8 nitrogen and oxygen atoms in total. The molecule has 0 radical (unpaired) electrons. The van der Waals surface area contributed by atoms with Gasteiger partial charge in [0.05, 0.1) is 25.4 Å². The maximum Gasteiger partial charge on any atom is 0.315 e. The van der Waals surface area contributed by atoms with E-state index in [9.17, 15) is 10.1 Å². The number of thiocarbonyl (C=S) groups is 1. The first-order valence-corrected chi connectivity index (χ1v) is 7.97. The summed E-state index contributed by atoms with van der Waals surface area (Å²) in [5, 5.41) is 18.5. The Bertz CT molecular complexity index is 812. The number of nitro benzene ring substituents is 1. The molecule has 136 valence electrons. The average Bonchev–Trinajstić information content (AvgIpc) is 2.66. The first-order chi connectivity index (χ1) is 12.5. The van der Waals surface area contributed by atoms with Crippen LogP contribution in [0.4, 0.5) is 5.69 Å². The molecule has 0 aromatic heterocycles. The lowest BCUT2D eigenvalue weighted by Crippen LogP contribution is -2.31. The zero-order valence-electron chi connectivity index (χ0n) is 14.3. The van der Waals surface area contributed by atoms with Crippen LogP contribution in [-0.4, -0.2) is 30.5 Å². The molecule has 0 aliphatic carbocycles. The molecular formula is C17H18N4O4S. The lowest BCUT2D eigenvalue weighted by atomic mass is 10.2. The van der Waals surface area contributed by atoms with Gasteiger partial charge in [-0.15, -0.1) is 0 Å². The molecule has 0 saturated heterocycles. The van der Waals surface area contributed by atoms with Crippen molar-refractivity contribution in [1.29, 1.82) is 0 Å². The van der Waals surface area contributed by atoms with Crippen molar-refractivity contribution in [3.05, 3.63) is 63.7 Å². The highest BCUT2D eigenvalue weighted by Crippen LogP contribution is 2.37. The molecule has 0 amide bonds. The number of rotatable bonds is 7. The number of benzene rings is 2. The highest BCUT2D eigenvalue weighted by Gasteiger charge is 2.21. The van der Waals surface area contributed by atoms with Crippen LogP contribution in [0.3, 0.4) is 0 Å². The fraction of sp³-hybridized carbons (Fsp3) is 0.176. The number of hydrogen-bond donors (Lipinski definition) is 2. The van der Waals surface area contributed by atoms with Gasteiger partial charge in [0.15, 0.2) is 10.9 Å². The van der Waals surface area contributed by atoms with E-state index in [0.29, 0.717) is 17.2 Å². The zero-order chi connectivity index (χ0) is 18.9. The van der Waals surface area contributed by atoms with Crippen molar-refractivity contribution in [2.45, 2.75) is 6.54 Å². The third-order valence-electron chi connectivity index (χ3n) is 3.35. The minimum atomic E-state index is -0.543. The van der Waals surface area contributed by atoms with Crippen molar-refractivity contribution in [3.63, 3.8) is 0 Å². The molecule has 0 fully saturated rings. The minimum absolute atomic E-state index is 0.0580. The molecule has 0 saturated carbocycles. The van der Waals surface area contributed by atoms with Gasteiger partial charge in [-0.3, -0.25) is 15.5 Å². The third kappa shape index (κ3) is 5.15. The van der Waals surface area contributed by atoms with Crippen LogP contribution < -0.4 is 20.2 Å². The topological polar surface area (TPSA) is 98.0 Å². The summed E-state index contributed by atoms with van der Waals surface area (Å²) in [5.41, 5.74) is 4.00. The Morgan fingerprint density at radius 3 is 2.62 bits per heavy atom. The Balaban J connectivity index is 2.02. The molecule has 0 unspecified atom stereocenters. The molecule has 0 atom stereocenters. The second-order valence-electron chi connectivity index (χ2n) is 5.07. The lowest BCUT2D eigenvalue weighted by Gasteiger charge is -2.09. The molecule has 0 aliphatic heterocycles. The molecule has 2 rings (SSSR count). The van der Waals surface area contributed by atoms with E-state index in [-0.39, 0.29) is 17.2 Å². The molecule has 0 spiro atoms. The van der Waals surface area contributed by atoms with Crippen LogP contribution in [-0.2, 0) is 6.54 Å². The number of nitrogens with zero attached hydrogens (tertiary/aromatic N) is 2. The van der Waals surface area contributed by atoms with E-state index < -0.39 is 4.92 Å².